The largest absolute Gasteiger partial charge is 0.498 e. The molecule has 2 saturated heterocycles. The number of ether oxygens (including phenoxy) is 1. The maximum atomic E-state index is 12.2. The minimum absolute atomic E-state index is 0.0810. The molecule has 9 nitrogen and oxygen atoms in total. The predicted octanol–water partition coefficient (Wildman–Crippen LogP) is 4.71. The van der Waals surface area contributed by atoms with Crippen molar-refractivity contribution in [1.82, 2.24) is 15.1 Å². The van der Waals surface area contributed by atoms with Crippen LogP contribution in [0.4, 0.5) is 11.4 Å². The van der Waals surface area contributed by atoms with Crippen molar-refractivity contribution in [3.63, 3.8) is 0 Å². The van der Waals surface area contributed by atoms with E-state index in [1.165, 1.54) is 5.56 Å². The molecule has 2 N–H and O–H groups in total. The second-order valence-electron chi connectivity index (χ2n) is 12.8. The SMILES string of the molecule is CC1(C)OB(c2cnn(Cc3ccccc3)c2)OC1(C)C.COc1ccccc1-c1ccc2c(c1)N1CCNCC1CC(=O)N2. The van der Waals surface area contributed by atoms with Crippen molar-refractivity contribution in [3.05, 3.63) is 90.8 Å². The number of nitrogens with zero attached hydrogens (tertiary/aromatic N) is 3. The zero-order valence-electron chi connectivity index (χ0n) is 26.7. The zero-order chi connectivity index (χ0) is 31.6. The average Bonchev–Trinajstić information content (AvgIpc) is 3.54. The van der Waals surface area contributed by atoms with Gasteiger partial charge in [-0.15, -0.1) is 0 Å². The molecule has 0 saturated carbocycles. The van der Waals surface area contributed by atoms with Gasteiger partial charge < -0.3 is 29.6 Å². The Morgan fingerprint density at radius 1 is 1.00 bits per heavy atom. The lowest BCUT2D eigenvalue weighted by Crippen LogP contribution is -2.51. The predicted molar refractivity (Wildman–Crippen MR) is 179 cm³/mol. The fraction of sp³-hybridized carbons (Fsp3) is 0.371. The molecular weight excluding hydrogens is 565 g/mol. The molecule has 0 aliphatic carbocycles. The molecule has 3 aliphatic heterocycles. The van der Waals surface area contributed by atoms with Crippen molar-refractivity contribution >= 4 is 29.9 Å². The number of carbonyl (C=O) groups excluding carboxylic acids is 1. The van der Waals surface area contributed by atoms with E-state index in [4.69, 9.17) is 14.0 Å². The summed E-state index contributed by atoms with van der Waals surface area (Å²) >= 11 is 0. The number of aromatic nitrogens is 2. The lowest BCUT2D eigenvalue weighted by molar-refractivity contribution is -0.116. The topological polar surface area (TPSA) is 89.9 Å². The van der Waals surface area contributed by atoms with E-state index < -0.39 is 0 Å². The van der Waals surface area contributed by atoms with Crippen LogP contribution in [-0.4, -0.2) is 66.8 Å². The number of rotatable bonds is 5. The number of anilines is 2. The van der Waals surface area contributed by atoms with E-state index >= 15 is 0 Å². The highest BCUT2D eigenvalue weighted by molar-refractivity contribution is 6.62. The number of hydrogen-bond acceptors (Lipinski definition) is 7. The van der Waals surface area contributed by atoms with Crippen molar-refractivity contribution in [1.29, 1.82) is 0 Å². The normalized spacial score (nSPS) is 19.8. The minimum Gasteiger partial charge on any atom is -0.496 e. The van der Waals surface area contributed by atoms with Crippen LogP contribution in [0.3, 0.4) is 0 Å². The summed E-state index contributed by atoms with van der Waals surface area (Å²) in [5.74, 6) is 0.935. The van der Waals surface area contributed by atoms with E-state index in [0.29, 0.717) is 6.42 Å². The molecule has 2 fully saturated rings. The third-order valence-electron chi connectivity index (χ3n) is 9.14. The van der Waals surface area contributed by atoms with Crippen LogP contribution >= 0.6 is 0 Å². The van der Waals surface area contributed by atoms with Crippen molar-refractivity contribution in [2.75, 3.05) is 37.0 Å². The van der Waals surface area contributed by atoms with Gasteiger partial charge in [0.15, 0.2) is 0 Å². The monoisotopic (exact) mass is 607 g/mol. The molecule has 1 atom stereocenters. The summed E-state index contributed by atoms with van der Waals surface area (Å²) in [6, 6.07) is 24.7. The van der Waals surface area contributed by atoms with E-state index in [9.17, 15) is 4.79 Å². The van der Waals surface area contributed by atoms with Crippen LogP contribution in [0.25, 0.3) is 11.1 Å². The van der Waals surface area contributed by atoms with Crippen molar-refractivity contribution in [3.8, 4) is 16.9 Å². The highest BCUT2D eigenvalue weighted by Gasteiger charge is 2.52. The molecule has 4 aromatic rings. The third-order valence-corrected chi connectivity index (χ3v) is 9.14. The van der Waals surface area contributed by atoms with Gasteiger partial charge in [0.2, 0.25) is 5.91 Å². The van der Waals surface area contributed by atoms with Gasteiger partial charge in [0.25, 0.3) is 0 Å². The lowest BCUT2D eigenvalue weighted by Gasteiger charge is -2.36. The van der Waals surface area contributed by atoms with Gasteiger partial charge in [-0.25, -0.2) is 0 Å². The minimum atomic E-state index is -0.348. The smallest absolute Gasteiger partial charge is 0.496 e. The van der Waals surface area contributed by atoms with E-state index in [2.05, 4.69) is 72.6 Å². The second kappa shape index (κ2) is 12.7. The molecule has 10 heteroatoms. The number of nitrogens with one attached hydrogen (secondary N) is 2. The van der Waals surface area contributed by atoms with Gasteiger partial charge in [0.05, 0.1) is 42.3 Å². The molecule has 234 valence electrons. The molecule has 3 aliphatic rings. The Labute approximate surface area is 266 Å². The van der Waals surface area contributed by atoms with Gasteiger partial charge in [-0.3, -0.25) is 9.48 Å². The van der Waals surface area contributed by atoms with Gasteiger partial charge in [0.1, 0.15) is 5.75 Å². The Kier molecular flexibility index (Phi) is 8.72. The Balaban J connectivity index is 0.000000160. The van der Waals surface area contributed by atoms with E-state index in [-0.39, 0.29) is 30.3 Å². The number of piperazine rings is 1. The van der Waals surface area contributed by atoms with Crippen molar-refractivity contribution in [2.24, 2.45) is 0 Å². The first-order chi connectivity index (χ1) is 21.6. The van der Waals surface area contributed by atoms with Crippen LogP contribution in [0, 0.1) is 0 Å². The fourth-order valence-electron chi connectivity index (χ4n) is 5.94. The summed E-state index contributed by atoms with van der Waals surface area (Å²) in [5.41, 5.74) is 5.69. The second-order valence-corrected chi connectivity index (χ2v) is 12.8. The Morgan fingerprint density at radius 3 is 2.49 bits per heavy atom. The maximum absolute atomic E-state index is 12.2. The van der Waals surface area contributed by atoms with Gasteiger partial charge in [-0.1, -0.05) is 54.6 Å². The van der Waals surface area contributed by atoms with Gasteiger partial charge in [-0.2, -0.15) is 5.10 Å². The van der Waals surface area contributed by atoms with Crippen LogP contribution in [0.1, 0.15) is 39.7 Å². The maximum Gasteiger partial charge on any atom is 0.498 e. The Hall–Kier alpha value is -4.12. The summed E-state index contributed by atoms with van der Waals surface area (Å²) < 4.78 is 19.5. The number of para-hydroxylation sites is 1. The zero-order valence-corrected chi connectivity index (χ0v) is 26.7. The first kappa shape index (κ1) is 30.9. The third kappa shape index (κ3) is 6.64. The number of methoxy groups -OCH3 is 1. The number of amides is 1. The Morgan fingerprint density at radius 2 is 1.73 bits per heavy atom. The average molecular weight is 608 g/mol. The number of carbonyl (C=O) groups is 1. The van der Waals surface area contributed by atoms with Crippen molar-refractivity contribution in [2.45, 2.75) is 57.9 Å². The summed E-state index contributed by atoms with van der Waals surface area (Å²) in [7, 11) is 1.34. The fourth-order valence-corrected chi connectivity index (χ4v) is 5.94. The molecule has 45 heavy (non-hydrogen) atoms. The van der Waals surface area contributed by atoms with Crippen LogP contribution < -0.4 is 25.7 Å². The summed E-state index contributed by atoms with van der Waals surface area (Å²) in [6.07, 6.45) is 4.34. The van der Waals surface area contributed by atoms with Crippen molar-refractivity contribution < 1.29 is 18.8 Å². The van der Waals surface area contributed by atoms with E-state index in [1.54, 1.807) is 7.11 Å². The highest BCUT2D eigenvalue weighted by atomic mass is 16.7. The molecule has 4 heterocycles. The molecule has 3 aromatic carbocycles. The molecule has 0 bridgehead atoms. The van der Waals surface area contributed by atoms with Crippen LogP contribution in [0.5, 0.6) is 5.75 Å². The van der Waals surface area contributed by atoms with Gasteiger partial charge >= 0.3 is 7.12 Å². The standard InChI is InChI=1S/C19H21N3O2.C16H21BN2O2/c1-24-18-5-3-2-4-15(18)13-6-7-16-17(10-13)22-9-8-20-12-14(22)11-19(23)21-16;1-15(2)16(3,4)21-17(20-15)14-10-18-19(12-14)11-13-8-6-5-7-9-13/h2-7,10,14,20H,8-9,11-12H2,1H3,(H,21,23);5-10,12H,11H2,1-4H3. The van der Waals surface area contributed by atoms with Crippen LogP contribution in [0.15, 0.2) is 85.2 Å². The molecule has 0 radical (unpaired) electrons. The summed E-state index contributed by atoms with van der Waals surface area (Å²) in [5, 5.41) is 10.8. The molecular formula is C35H42BN5O4. The molecule has 1 aromatic heterocycles. The highest BCUT2D eigenvalue weighted by Crippen LogP contribution is 2.39. The summed E-state index contributed by atoms with van der Waals surface area (Å²) in [4.78, 5) is 14.5. The number of hydrogen-bond donors (Lipinski definition) is 2. The number of fused-ring (bicyclic) bond motifs is 3. The first-order valence-electron chi connectivity index (χ1n) is 15.6. The first-order valence-corrected chi connectivity index (χ1v) is 15.6. The van der Waals surface area contributed by atoms with E-state index in [0.717, 1.165) is 59.9 Å². The van der Waals surface area contributed by atoms with Gasteiger partial charge in [-0.05, 0) is 57.0 Å². The molecule has 0 spiro atoms. The van der Waals surface area contributed by atoms with Crippen LogP contribution in [-0.2, 0) is 20.6 Å². The van der Waals surface area contributed by atoms with E-state index in [1.807, 2.05) is 65.6 Å². The number of benzene rings is 3. The Bertz CT molecular complexity index is 1620. The van der Waals surface area contributed by atoms with Gasteiger partial charge in [0, 0.05) is 49.5 Å². The molecule has 1 amide bonds. The molecule has 1 unspecified atom stereocenters. The summed E-state index contributed by atoms with van der Waals surface area (Å²) in [6.45, 7) is 11.7. The lowest BCUT2D eigenvalue weighted by atomic mass is 9.82. The quantitative estimate of drug-likeness (QED) is 0.318. The van der Waals surface area contributed by atoms with Crippen LogP contribution in [0.2, 0.25) is 0 Å². The molecule has 7 rings (SSSR count).